The molecule has 0 aliphatic carbocycles. The number of nitrogens with zero attached hydrogens (tertiary/aromatic N) is 1. The van der Waals surface area contributed by atoms with E-state index in [9.17, 15) is 19.2 Å². The van der Waals surface area contributed by atoms with Gasteiger partial charge in [0.1, 0.15) is 12.3 Å². The summed E-state index contributed by atoms with van der Waals surface area (Å²) in [4.78, 5) is 53.5. The smallest absolute Gasteiger partial charge is 0.433 e. The zero-order valence-corrected chi connectivity index (χ0v) is 15.6. The average Bonchev–Trinajstić information content (AvgIpc) is 2.66. The number of nitrogen functional groups attached to an aromatic ring is 1. The Kier molecular flexibility index (Phi) is 6.22. The minimum Gasteiger partial charge on any atom is -0.447 e. The number of Topliss-reactive ketones (excluding diaryl/α,β-unsaturated/α-hetero) is 2. The molecule has 8 heteroatoms. The number of hydrogen-bond donors (Lipinski definition) is 2. The molecule has 0 saturated carbocycles. The number of nitrogens with one attached hydrogen (secondary N) is 1. The van der Waals surface area contributed by atoms with Gasteiger partial charge in [-0.3, -0.25) is 19.8 Å². The molecular formula is C19H23N3O5. The molecule has 1 aromatic rings. The van der Waals surface area contributed by atoms with E-state index in [0.29, 0.717) is 6.42 Å². The van der Waals surface area contributed by atoms with E-state index in [1.807, 2.05) is 12.3 Å². The molecule has 27 heavy (non-hydrogen) atoms. The lowest BCUT2D eigenvalue weighted by atomic mass is 9.78. The summed E-state index contributed by atoms with van der Waals surface area (Å²) in [6.07, 6.45) is -0.0188. The van der Waals surface area contributed by atoms with Crippen molar-refractivity contribution in [3.63, 3.8) is 0 Å². The van der Waals surface area contributed by atoms with E-state index < -0.39 is 34.9 Å². The molecule has 0 radical (unpaired) electrons. The lowest BCUT2D eigenvalue weighted by Gasteiger charge is -2.30. The van der Waals surface area contributed by atoms with Crippen molar-refractivity contribution in [2.75, 3.05) is 6.61 Å². The second-order valence-electron chi connectivity index (χ2n) is 6.99. The number of aliphatic imine (C=N–C) groups is 1. The maximum absolute atomic E-state index is 13.1. The topological polar surface area (TPSA) is 128 Å². The van der Waals surface area contributed by atoms with E-state index >= 15 is 0 Å². The molecule has 0 spiro atoms. The molecule has 0 fully saturated rings. The Morgan fingerprint density at radius 3 is 2.44 bits per heavy atom. The number of carbonyl (C=O) groups is 4. The zero-order valence-electron chi connectivity index (χ0n) is 15.6. The molecule has 0 aromatic heterocycles. The van der Waals surface area contributed by atoms with E-state index in [2.05, 4.69) is 4.99 Å². The van der Waals surface area contributed by atoms with Gasteiger partial charge in [0.2, 0.25) is 0 Å². The second-order valence-corrected chi connectivity index (χ2v) is 6.99. The van der Waals surface area contributed by atoms with Crippen LogP contribution < -0.4 is 11.3 Å². The van der Waals surface area contributed by atoms with Crippen LogP contribution in [-0.4, -0.2) is 35.9 Å². The van der Waals surface area contributed by atoms with Crippen molar-refractivity contribution < 1.29 is 23.9 Å². The summed E-state index contributed by atoms with van der Waals surface area (Å²) in [7, 11) is 0. The number of cyclic esters (lactones) is 1. The zero-order chi connectivity index (χ0) is 20.2. The fourth-order valence-electron chi connectivity index (χ4n) is 2.97. The van der Waals surface area contributed by atoms with E-state index in [-0.39, 0.29) is 29.9 Å². The fourth-order valence-corrected chi connectivity index (χ4v) is 2.97. The van der Waals surface area contributed by atoms with Crippen LogP contribution in [0.3, 0.4) is 0 Å². The molecule has 1 aliphatic rings. The predicted octanol–water partition coefficient (Wildman–Crippen LogP) is 2.08. The molecule has 1 heterocycles. The predicted molar refractivity (Wildman–Crippen MR) is 98.4 cm³/mol. The summed E-state index contributed by atoms with van der Waals surface area (Å²) in [5.41, 5.74) is 1.40. The van der Waals surface area contributed by atoms with E-state index in [0.717, 1.165) is 0 Å². The third kappa shape index (κ3) is 4.28. The van der Waals surface area contributed by atoms with Gasteiger partial charge in [-0.15, -0.1) is 0 Å². The highest BCUT2D eigenvalue weighted by Gasteiger charge is 2.41. The number of carbonyl (C=O) groups excluding carboxylic acids is 4. The van der Waals surface area contributed by atoms with E-state index in [4.69, 9.17) is 10.6 Å². The highest BCUT2D eigenvalue weighted by Crippen LogP contribution is 2.28. The van der Waals surface area contributed by atoms with Crippen molar-refractivity contribution in [1.29, 1.82) is 0 Å². The molecule has 144 valence electrons. The molecule has 3 N–H and O–H groups in total. The first-order chi connectivity index (χ1) is 12.7. The van der Waals surface area contributed by atoms with Crippen LogP contribution in [-0.2, 0) is 9.53 Å². The molecule has 1 aliphatic heterocycles. The summed E-state index contributed by atoms with van der Waals surface area (Å²) in [5, 5.41) is 0. The van der Waals surface area contributed by atoms with Gasteiger partial charge in [0.15, 0.2) is 11.6 Å². The van der Waals surface area contributed by atoms with Crippen LogP contribution in [0.2, 0.25) is 0 Å². The molecule has 1 aromatic carbocycles. The van der Waals surface area contributed by atoms with Crippen molar-refractivity contribution in [1.82, 2.24) is 5.43 Å². The summed E-state index contributed by atoms with van der Waals surface area (Å²) in [5.74, 6) is 2.49. The Bertz CT molecular complexity index is 813. The van der Waals surface area contributed by atoms with Gasteiger partial charge in [0, 0.05) is 11.0 Å². The van der Waals surface area contributed by atoms with Crippen molar-refractivity contribution >= 4 is 29.3 Å². The van der Waals surface area contributed by atoms with Gasteiger partial charge >= 0.3 is 6.09 Å². The maximum Gasteiger partial charge on any atom is 0.433 e. The van der Waals surface area contributed by atoms with Gasteiger partial charge in [0.05, 0.1) is 11.5 Å². The Morgan fingerprint density at radius 2 is 1.85 bits per heavy atom. The normalized spacial score (nSPS) is 16.7. The number of ketones is 2. The highest BCUT2D eigenvalue weighted by atomic mass is 16.5. The van der Waals surface area contributed by atoms with Gasteiger partial charge in [-0.25, -0.2) is 10.6 Å². The minimum atomic E-state index is -1.05. The number of amides is 2. The maximum atomic E-state index is 13.1. The van der Waals surface area contributed by atoms with Crippen LogP contribution in [0.1, 0.15) is 54.3 Å². The van der Waals surface area contributed by atoms with Gasteiger partial charge in [-0.1, -0.05) is 45.4 Å². The van der Waals surface area contributed by atoms with Crippen LogP contribution >= 0.6 is 0 Å². The third-order valence-corrected chi connectivity index (χ3v) is 4.41. The number of benzene rings is 1. The minimum absolute atomic E-state index is 0.00953. The van der Waals surface area contributed by atoms with Crippen LogP contribution in [0.5, 0.6) is 0 Å². The van der Waals surface area contributed by atoms with Crippen LogP contribution in [0.15, 0.2) is 29.3 Å². The van der Waals surface area contributed by atoms with Crippen molar-refractivity contribution in [2.45, 2.75) is 33.6 Å². The van der Waals surface area contributed by atoms with Crippen molar-refractivity contribution in [3.05, 3.63) is 35.4 Å². The highest BCUT2D eigenvalue weighted by molar-refractivity contribution is 6.47. The van der Waals surface area contributed by atoms with Gasteiger partial charge in [-0.05, 0) is 12.5 Å². The van der Waals surface area contributed by atoms with Gasteiger partial charge in [0.25, 0.3) is 5.91 Å². The Balaban J connectivity index is 2.46. The number of hydrogen-bond acceptors (Lipinski definition) is 6. The van der Waals surface area contributed by atoms with E-state index in [1.165, 1.54) is 12.1 Å². The van der Waals surface area contributed by atoms with Crippen LogP contribution in [0.25, 0.3) is 0 Å². The molecule has 8 nitrogen and oxygen atoms in total. The number of rotatable bonds is 7. The fraction of sp³-hybridized carbons (Fsp3) is 0.421. The first-order valence-electron chi connectivity index (χ1n) is 8.67. The molecule has 1 atom stereocenters. The summed E-state index contributed by atoms with van der Waals surface area (Å²) >= 11 is 0. The molecule has 0 bridgehead atoms. The summed E-state index contributed by atoms with van der Waals surface area (Å²) in [6, 6.07) is 6.14. The molecule has 0 unspecified atom stereocenters. The van der Waals surface area contributed by atoms with Crippen LogP contribution in [0.4, 0.5) is 4.79 Å². The lowest BCUT2D eigenvalue weighted by molar-refractivity contribution is -0.116. The SMILES string of the molecule is CCC[C@@H](C(=O)C1=NC(=O)OCC1(C)C)C(=O)c1ccccc1C(=O)NN. The van der Waals surface area contributed by atoms with Gasteiger partial charge in [-0.2, -0.15) is 4.99 Å². The third-order valence-electron chi connectivity index (χ3n) is 4.41. The summed E-state index contributed by atoms with van der Waals surface area (Å²) < 4.78 is 4.89. The Morgan fingerprint density at radius 1 is 1.22 bits per heavy atom. The largest absolute Gasteiger partial charge is 0.447 e. The number of ether oxygens (including phenoxy) is 1. The molecule has 2 rings (SSSR count). The monoisotopic (exact) mass is 373 g/mol. The average molecular weight is 373 g/mol. The first-order valence-corrected chi connectivity index (χ1v) is 8.67. The summed E-state index contributed by atoms with van der Waals surface area (Å²) in [6.45, 7) is 5.29. The Labute approximate surface area is 157 Å². The molecule has 2 amide bonds. The molecule has 0 saturated heterocycles. The second kappa shape index (κ2) is 8.22. The Hall–Kier alpha value is -2.87. The van der Waals surface area contributed by atoms with Gasteiger partial charge < -0.3 is 4.74 Å². The number of nitrogens with two attached hydrogens (primary N) is 1. The first kappa shape index (κ1) is 20.4. The lowest BCUT2D eigenvalue weighted by Crippen LogP contribution is -2.44. The number of hydrazine groups is 1. The van der Waals surface area contributed by atoms with E-state index in [1.54, 1.807) is 26.0 Å². The van der Waals surface area contributed by atoms with Crippen LogP contribution in [0, 0.1) is 11.3 Å². The van der Waals surface area contributed by atoms with Crippen molar-refractivity contribution in [3.8, 4) is 0 Å². The standard InChI is InChI=1S/C19H23N3O5/c1-4-7-13(15(24)16-19(2,3)10-27-18(26)21-16)14(23)11-8-5-6-9-12(11)17(25)22-20/h5-6,8-9,13H,4,7,10,20H2,1-3H3,(H,22,25)/t13-/m1/s1. The quantitative estimate of drug-likeness (QED) is 0.248. The molecular weight excluding hydrogens is 350 g/mol. The van der Waals surface area contributed by atoms with Crippen molar-refractivity contribution in [2.24, 2.45) is 22.2 Å².